The molecule has 0 aliphatic carbocycles. The Hall–Kier alpha value is -1.93. The quantitative estimate of drug-likeness (QED) is 0.653. The lowest BCUT2D eigenvalue weighted by Crippen LogP contribution is -1.90. The summed E-state index contributed by atoms with van der Waals surface area (Å²) in [6.07, 6.45) is 2.82. The molecule has 3 aromatic rings. The molecule has 0 aliphatic heterocycles. The van der Waals surface area contributed by atoms with Crippen LogP contribution in [0.1, 0.15) is 11.1 Å². The molecule has 0 spiro atoms. The normalized spacial score (nSPS) is 10.4. The summed E-state index contributed by atoms with van der Waals surface area (Å²) in [6.45, 7) is 0. The first-order chi connectivity index (χ1) is 9.81. The Labute approximate surface area is 127 Å². The maximum absolute atomic E-state index is 4.47. The Balaban J connectivity index is 1.90. The van der Waals surface area contributed by atoms with Gasteiger partial charge in [-0.05, 0) is 41.8 Å². The number of benzene rings is 2. The molecule has 2 aromatic carbocycles. The molecule has 0 fully saturated rings. The Morgan fingerprint density at radius 2 is 1.65 bits per heavy atom. The van der Waals surface area contributed by atoms with Gasteiger partial charge < -0.3 is 0 Å². The molecule has 0 atom stereocenters. The van der Waals surface area contributed by atoms with Crippen molar-refractivity contribution in [2.24, 2.45) is 0 Å². The number of aromatic nitrogens is 1. The topological polar surface area (TPSA) is 12.9 Å². The first kappa shape index (κ1) is 13.1. The van der Waals surface area contributed by atoms with Crippen LogP contribution in [0.2, 0.25) is 0 Å². The molecular formula is C18H14BrN. The van der Waals surface area contributed by atoms with Gasteiger partial charge in [0.1, 0.15) is 0 Å². The van der Waals surface area contributed by atoms with Gasteiger partial charge in [0.15, 0.2) is 0 Å². The van der Waals surface area contributed by atoms with Crippen LogP contribution in [0.4, 0.5) is 0 Å². The maximum atomic E-state index is 4.47. The van der Waals surface area contributed by atoms with Crippen molar-refractivity contribution in [2.45, 2.75) is 6.42 Å². The van der Waals surface area contributed by atoms with Gasteiger partial charge in [0.25, 0.3) is 0 Å². The third-order valence-electron chi connectivity index (χ3n) is 3.20. The summed E-state index contributed by atoms with van der Waals surface area (Å²) in [7, 11) is 0. The van der Waals surface area contributed by atoms with Gasteiger partial charge in [-0.15, -0.1) is 0 Å². The zero-order valence-corrected chi connectivity index (χ0v) is 12.5. The fourth-order valence-corrected chi connectivity index (χ4v) is 2.62. The van der Waals surface area contributed by atoms with Crippen molar-refractivity contribution < 1.29 is 0 Å². The molecule has 3 rings (SSSR count). The van der Waals surface area contributed by atoms with Crippen molar-refractivity contribution in [3.8, 4) is 11.3 Å². The van der Waals surface area contributed by atoms with E-state index in [9.17, 15) is 0 Å². The molecule has 2 heteroatoms. The molecule has 20 heavy (non-hydrogen) atoms. The predicted octanol–water partition coefficient (Wildman–Crippen LogP) is 5.10. The second-order valence-electron chi connectivity index (χ2n) is 4.72. The van der Waals surface area contributed by atoms with Crippen molar-refractivity contribution in [3.05, 3.63) is 88.5 Å². The Morgan fingerprint density at radius 1 is 0.800 bits per heavy atom. The van der Waals surface area contributed by atoms with Crippen LogP contribution in [0, 0.1) is 0 Å². The number of pyridine rings is 1. The third-order valence-corrected chi connectivity index (χ3v) is 3.69. The Morgan fingerprint density at radius 3 is 2.45 bits per heavy atom. The van der Waals surface area contributed by atoms with Crippen LogP contribution in [-0.4, -0.2) is 4.98 Å². The highest BCUT2D eigenvalue weighted by Crippen LogP contribution is 2.22. The number of nitrogens with zero attached hydrogens (tertiary/aromatic N) is 1. The number of hydrogen-bond acceptors (Lipinski definition) is 1. The molecule has 0 aliphatic rings. The second-order valence-corrected chi connectivity index (χ2v) is 5.64. The Bertz CT molecular complexity index is 707. The molecule has 0 amide bonds. The van der Waals surface area contributed by atoms with Crippen LogP contribution >= 0.6 is 15.9 Å². The van der Waals surface area contributed by atoms with Gasteiger partial charge in [-0.25, -0.2) is 0 Å². The zero-order valence-electron chi connectivity index (χ0n) is 11.0. The molecule has 0 radical (unpaired) electrons. The largest absolute Gasteiger partial charge is 0.256 e. The van der Waals surface area contributed by atoms with Crippen molar-refractivity contribution in [1.29, 1.82) is 0 Å². The molecule has 0 saturated heterocycles. The van der Waals surface area contributed by atoms with Crippen molar-refractivity contribution in [2.75, 3.05) is 0 Å². The fourth-order valence-electron chi connectivity index (χ4n) is 2.22. The summed E-state index contributed by atoms with van der Waals surface area (Å²) in [4.78, 5) is 4.47. The fraction of sp³-hybridized carbons (Fsp3) is 0.0556. The van der Waals surface area contributed by atoms with E-state index in [1.807, 2.05) is 24.4 Å². The van der Waals surface area contributed by atoms with Crippen LogP contribution in [0.3, 0.4) is 0 Å². The second kappa shape index (κ2) is 6.02. The zero-order chi connectivity index (χ0) is 13.8. The highest BCUT2D eigenvalue weighted by Gasteiger charge is 2.02. The predicted molar refractivity (Wildman–Crippen MR) is 86.6 cm³/mol. The smallest absolute Gasteiger partial charge is 0.0705 e. The molecule has 1 nitrogen and oxygen atoms in total. The van der Waals surface area contributed by atoms with Crippen molar-refractivity contribution >= 4 is 15.9 Å². The third kappa shape index (κ3) is 3.14. The van der Waals surface area contributed by atoms with E-state index >= 15 is 0 Å². The lowest BCUT2D eigenvalue weighted by atomic mass is 10.0. The van der Waals surface area contributed by atoms with Gasteiger partial charge in [0, 0.05) is 16.2 Å². The minimum Gasteiger partial charge on any atom is -0.256 e. The average Bonchev–Trinajstić information content (AvgIpc) is 2.49. The van der Waals surface area contributed by atoms with Gasteiger partial charge in [-0.3, -0.25) is 4.98 Å². The van der Waals surface area contributed by atoms with Gasteiger partial charge >= 0.3 is 0 Å². The van der Waals surface area contributed by atoms with E-state index < -0.39 is 0 Å². The number of halogens is 1. The summed E-state index contributed by atoms with van der Waals surface area (Å²) >= 11 is 3.50. The lowest BCUT2D eigenvalue weighted by Gasteiger charge is -2.05. The van der Waals surface area contributed by atoms with E-state index in [4.69, 9.17) is 0 Å². The molecule has 0 N–H and O–H groups in total. The van der Waals surface area contributed by atoms with Gasteiger partial charge in [0.05, 0.1) is 5.69 Å². The van der Waals surface area contributed by atoms with Crippen molar-refractivity contribution in [3.63, 3.8) is 0 Å². The SMILES string of the molecule is Brc1cccc(-c2cc(Cc3ccccc3)ccn2)c1. The maximum Gasteiger partial charge on any atom is 0.0705 e. The molecule has 1 aromatic heterocycles. The summed E-state index contributed by atoms with van der Waals surface area (Å²) in [5, 5.41) is 0. The number of rotatable bonds is 3. The summed E-state index contributed by atoms with van der Waals surface area (Å²) < 4.78 is 1.07. The molecule has 0 bridgehead atoms. The average molecular weight is 324 g/mol. The standard InChI is InChI=1S/C18H14BrN/c19-17-8-4-7-16(13-17)18-12-15(9-10-20-18)11-14-5-2-1-3-6-14/h1-10,12-13H,11H2. The summed E-state index contributed by atoms with van der Waals surface area (Å²) in [5.41, 5.74) is 4.74. The molecular weight excluding hydrogens is 310 g/mol. The van der Waals surface area contributed by atoms with E-state index in [-0.39, 0.29) is 0 Å². The van der Waals surface area contributed by atoms with E-state index in [1.165, 1.54) is 11.1 Å². The van der Waals surface area contributed by atoms with Crippen LogP contribution in [0.25, 0.3) is 11.3 Å². The highest BCUT2D eigenvalue weighted by atomic mass is 79.9. The highest BCUT2D eigenvalue weighted by molar-refractivity contribution is 9.10. The first-order valence-electron chi connectivity index (χ1n) is 6.56. The van der Waals surface area contributed by atoms with E-state index in [0.29, 0.717) is 0 Å². The first-order valence-corrected chi connectivity index (χ1v) is 7.35. The summed E-state index contributed by atoms with van der Waals surface area (Å²) in [6, 6.07) is 23.0. The molecule has 0 unspecified atom stereocenters. The van der Waals surface area contributed by atoms with Crippen LogP contribution < -0.4 is 0 Å². The number of hydrogen-bond donors (Lipinski definition) is 0. The van der Waals surface area contributed by atoms with Crippen molar-refractivity contribution in [1.82, 2.24) is 4.98 Å². The molecule has 1 heterocycles. The minimum absolute atomic E-state index is 0.935. The van der Waals surface area contributed by atoms with Gasteiger partial charge in [0.2, 0.25) is 0 Å². The summed E-state index contributed by atoms with van der Waals surface area (Å²) in [5.74, 6) is 0. The molecule has 98 valence electrons. The van der Waals surface area contributed by atoms with E-state index in [0.717, 1.165) is 22.2 Å². The van der Waals surface area contributed by atoms with Crippen LogP contribution in [0.5, 0.6) is 0 Å². The van der Waals surface area contributed by atoms with Crippen LogP contribution in [-0.2, 0) is 6.42 Å². The minimum atomic E-state index is 0.935. The van der Waals surface area contributed by atoms with Gasteiger partial charge in [-0.1, -0.05) is 58.4 Å². The van der Waals surface area contributed by atoms with E-state index in [1.54, 1.807) is 0 Å². The van der Waals surface area contributed by atoms with Crippen LogP contribution in [0.15, 0.2) is 77.4 Å². The lowest BCUT2D eigenvalue weighted by molar-refractivity contribution is 1.16. The Kier molecular flexibility index (Phi) is 3.93. The molecule has 0 saturated carbocycles. The monoisotopic (exact) mass is 323 g/mol. The van der Waals surface area contributed by atoms with E-state index in [2.05, 4.69) is 69.4 Å². The van der Waals surface area contributed by atoms with Gasteiger partial charge in [-0.2, -0.15) is 0 Å².